The molecule has 2 aromatic carbocycles. The van der Waals surface area contributed by atoms with Gasteiger partial charge in [-0.3, -0.25) is 9.36 Å². The third-order valence-electron chi connectivity index (χ3n) is 4.46. The van der Waals surface area contributed by atoms with E-state index in [9.17, 15) is 10.1 Å². The maximum Gasteiger partial charge on any atom is 0.263 e. The van der Waals surface area contributed by atoms with Crippen LogP contribution in [-0.4, -0.2) is 14.0 Å². The maximum atomic E-state index is 12.8. The highest BCUT2D eigenvalue weighted by Gasteiger charge is 2.18. The zero-order valence-corrected chi connectivity index (χ0v) is 14.0. The highest BCUT2D eigenvalue weighted by molar-refractivity contribution is 5.79. The summed E-state index contributed by atoms with van der Waals surface area (Å²) in [6, 6.07) is 17.8. The zero-order chi connectivity index (χ0) is 17.6. The van der Waals surface area contributed by atoms with Crippen molar-refractivity contribution in [3.05, 3.63) is 81.3 Å². The molecule has 4 aromatic rings. The summed E-state index contributed by atoms with van der Waals surface area (Å²) in [5.74, 6) is 0.495. The highest BCUT2D eigenvalue weighted by atomic mass is 16.1. The fourth-order valence-corrected chi connectivity index (χ4v) is 3.25. The summed E-state index contributed by atoms with van der Waals surface area (Å²) in [6.07, 6.45) is 0. The van der Waals surface area contributed by atoms with Crippen LogP contribution in [0, 0.1) is 25.2 Å². The number of imidazole rings is 1. The number of nitriles is 1. The van der Waals surface area contributed by atoms with Gasteiger partial charge in [0.1, 0.15) is 11.8 Å². The summed E-state index contributed by atoms with van der Waals surface area (Å²) in [4.78, 5) is 17.4. The normalized spacial score (nSPS) is 11.1. The van der Waals surface area contributed by atoms with Gasteiger partial charge < -0.3 is 0 Å². The summed E-state index contributed by atoms with van der Waals surface area (Å²) in [5, 5.41) is 9.64. The van der Waals surface area contributed by atoms with Crippen molar-refractivity contribution >= 4 is 16.8 Å². The molecule has 122 valence electrons. The summed E-state index contributed by atoms with van der Waals surface area (Å²) < 4.78 is 3.42. The van der Waals surface area contributed by atoms with Crippen LogP contribution in [0.2, 0.25) is 0 Å². The van der Waals surface area contributed by atoms with Crippen molar-refractivity contribution in [1.82, 2.24) is 14.0 Å². The van der Waals surface area contributed by atoms with Crippen LogP contribution < -0.4 is 5.56 Å². The Morgan fingerprint density at radius 2 is 1.92 bits per heavy atom. The van der Waals surface area contributed by atoms with E-state index in [0.717, 1.165) is 22.2 Å². The molecule has 4 rings (SSSR count). The van der Waals surface area contributed by atoms with Crippen molar-refractivity contribution in [2.45, 2.75) is 20.4 Å². The van der Waals surface area contributed by atoms with Gasteiger partial charge in [0.15, 0.2) is 0 Å². The molecule has 0 aliphatic heterocycles. The first-order chi connectivity index (χ1) is 12.1. The molecule has 0 unspecified atom stereocenters. The van der Waals surface area contributed by atoms with E-state index in [4.69, 9.17) is 0 Å². The summed E-state index contributed by atoms with van der Waals surface area (Å²) >= 11 is 0. The first kappa shape index (κ1) is 15.2. The average Bonchev–Trinajstić information content (AvgIpc) is 2.99. The van der Waals surface area contributed by atoms with Crippen molar-refractivity contribution in [3.63, 3.8) is 0 Å². The van der Waals surface area contributed by atoms with Crippen molar-refractivity contribution in [2.75, 3.05) is 0 Å². The lowest BCUT2D eigenvalue weighted by molar-refractivity contribution is 0.760. The molecule has 0 amide bonds. The van der Waals surface area contributed by atoms with Crippen LogP contribution in [-0.2, 0) is 6.54 Å². The first-order valence-corrected chi connectivity index (χ1v) is 8.06. The van der Waals surface area contributed by atoms with E-state index < -0.39 is 0 Å². The SMILES string of the molecule is Cc1cccc(Cn2c(C#N)c(C)c(=O)n3c4ccccc4nc23)c1. The standard InChI is InChI=1S/C20H16N4O/c1-13-6-5-7-15(10-13)12-23-18(11-21)14(2)19(25)24-17-9-4-3-8-16(17)22-20(23)24/h3-10H,12H2,1-2H3. The Labute approximate surface area is 144 Å². The number of hydrogen-bond donors (Lipinski definition) is 0. The minimum Gasteiger partial charge on any atom is -0.298 e. The Morgan fingerprint density at radius 3 is 2.68 bits per heavy atom. The molecular weight excluding hydrogens is 312 g/mol. The summed E-state index contributed by atoms with van der Waals surface area (Å²) in [5.41, 5.74) is 4.31. The number of fused-ring (bicyclic) bond motifs is 3. The molecule has 0 fully saturated rings. The Kier molecular flexibility index (Phi) is 3.40. The predicted octanol–water partition coefficient (Wildman–Crippen LogP) is 3.19. The number of nitrogens with zero attached hydrogens (tertiary/aromatic N) is 4. The number of benzene rings is 2. The Balaban J connectivity index is 2.10. The lowest BCUT2D eigenvalue weighted by Gasteiger charge is -2.13. The number of hydrogen-bond acceptors (Lipinski definition) is 3. The molecule has 25 heavy (non-hydrogen) atoms. The van der Waals surface area contributed by atoms with Crippen LogP contribution in [0.15, 0.2) is 53.3 Å². The smallest absolute Gasteiger partial charge is 0.263 e. The van der Waals surface area contributed by atoms with E-state index >= 15 is 0 Å². The lowest BCUT2D eigenvalue weighted by Crippen LogP contribution is -2.24. The van der Waals surface area contributed by atoms with E-state index in [-0.39, 0.29) is 5.56 Å². The van der Waals surface area contributed by atoms with Gasteiger partial charge in [-0.2, -0.15) is 5.26 Å². The molecule has 0 saturated heterocycles. The third kappa shape index (κ3) is 2.31. The van der Waals surface area contributed by atoms with Gasteiger partial charge in [-0.1, -0.05) is 42.0 Å². The van der Waals surface area contributed by atoms with E-state index in [1.807, 2.05) is 54.0 Å². The molecule has 5 heteroatoms. The molecule has 0 spiro atoms. The minimum absolute atomic E-state index is 0.194. The van der Waals surface area contributed by atoms with E-state index in [1.54, 1.807) is 11.3 Å². The molecule has 0 bridgehead atoms. The monoisotopic (exact) mass is 328 g/mol. The van der Waals surface area contributed by atoms with Crippen LogP contribution in [0.1, 0.15) is 22.4 Å². The van der Waals surface area contributed by atoms with E-state index in [2.05, 4.69) is 17.1 Å². The van der Waals surface area contributed by atoms with Crippen LogP contribution in [0.5, 0.6) is 0 Å². The molecular formula is C20H16N4O. The number of aryl methyl sites for hydroxylation is 1. The topological polar surface area (TPSA) is 63.1 Å². The molecule has 2 heterocycles. The maximum absolute atomic E-state index is 12.8. The van der Waals surface area contributed by atoms with E-state index in [1.165, 1.54) is 0 Å². The van der Waals surface area contributed by atoms with Crippen molar-refractivity contribution in [2.24, 2.45) is 0 Å². The van der Waals surface area contributed by atoms with Gasteiger partial charge in [-0.05, 0) is 31.5 Å². The lowest BCUT2D eigenvalue weighted by atomic mass is 10.1. The zero-order valence-electron chi connectivity index (χ0n) is 14.0. The molecule has 2 aromatic heterocycles. The molecule has 5 nitrogen and oxygen atoms in total. The van der Waals surface area contributed by atoms with Crippen molar-refractivity contribution in [1.29, 1.82) is 5.26 Å². The largest absolute Gasteiger partial charge is 0.298 e. The van der Waals surface area contributed by atoms with Gasteiger partial charge in [-0.15, -0.1) is 0 Å². The predicted molar refractivity (Wildman–Crippen MR) is 96.7 cm³/mol. The summed E-state index contributed by atoms with van der Waals surface area (Å²) in [7, 11) is 0. The molecule has 0 aliphatic rings. The van der Waals surface area contributed by atoms with Gasteiger partial charge in [0, 0.05) is 5.56 Å². The van der Waals surface area contributed by atoms with Gasteiger partial charge in [0.25, 0.3) is 5.56 Å². The van der Waals surface area contributed by atoms with Gasteiger partial charge in [0.05, 0.1) is 17.6 Å². The Bertz CT molecular complexity index is 1220. The number of para-hydroxylation sites is 2. The number of rotatable bonds is 2. The second-order valence-corrected chi connectivity index (χ2v) is 6.20. The van der Waals surface area contributed by atoms with Gasteiger partial charge >= 0.3 is 0 Å². The van der Waals surface area contributed by atoms with Crippen LogP contribution >= 0.6 is 0 Å². The molecule has 0 atom stereocenters. The van der Waals surface area contributed by atoms with Crippen LogP contribution in [0.4, 0.5) is 0 Å². The van der Waals surface area contributed by atoms with Gasteiger partial charge in [-0.25, -0.2) is 9.38 Å². The fraction of sp³-hybridized carbons (Fsp3) is 0.150. The summed E-state index contributed by atoms with van der Waals surface area (Å²) in [6.45, 7) is 4.21. The first-order valence-electron chi connectivity index (χ1n) is 8.06. The Morgan fingerprint density at radius 1 is 1.12 bits per heavy atom. The average molecular weight is 328 g/mol. The second-order valence-electron chi connectivity index (χ2n) is 6.20. The molecule has 0 radical (unpaired) electrons. The van der Waals surface area contributed by atoms with Gasteiger partial charge in [0.2, 0.25) is 5.78 Å². The Hall–Kier alpha value is -3.39. The van der Waals surface area contributed by atoms with Crippen LogP contribution in [0.3, 0.4) is 0 Å². The molecule has 0 saturated carbocycles. The van der Waals surface area contributed by atoms with Crippen LogP contribution in [0.25, 0.3) is 16.8 Å². The minimum atomic E-state index is -0.194. The second kappa shape index (κ2) is 5.60. The fourth-order valence-electron chi connectivity index (χ4n) is 3.25. The molecule has 0 aliphatic carbocycles. The number of aromatic nitrogens is 3. The van der Waals surface area contributed by atoms with E-state index in [0.29, 0.717) is 23.6 Å². The highest BCUT2D eigenvalue weighted by Crippen LogP contribution is 2.19. The van der Waals surface area contributed by atoms with Crippen molar-refractivity contribution in [3.8, 4) is 6.07 Å². The third-order valence-corrected chi connectivity index (χ3v) is 4.46. The molecule has 0 N–H and O–H groups in total. The van der Waals surface area contributed by atoms with Crippen molar-refractivity contribution < 1.29 is 0 Å². The quantitative estimate of drug-likeness (QED) is 0.568.